The van der Waals surface area contributed by atoms with Gasteiger partial charge in [0, 0.05) is 22.7 Å². The molecule has 0 N–H and O–H groups in total. The number of hydrogen-bond acceptors (Lipinski definition) is 6. The molecule has 23 heavy (non-hydrogen) atoms. The monoisotopic (exact) mass is 346 g/mol. The maximum Gasteiger partial charge on any atom is 0.191 e. The van der Waals surface area contributed by atoms with Gasteiger partial charge in [-0.05, 0) is 26.0 Å². The van der Waals surface area contributed by atoms with Gasteiger partial charge in [0.2, 0.25) is 0 Å². The van der Waals surface area contributed by atoms with Crippen LogP contribution >= 0.6 is 23.1 Å². The SMILES string of the molecule is COc1cccc(-c2nc(CSc3nncn3C(C)C)cs2)c1. The van der Waals surface area contributed by atoms with E-state index in [-0.39, 0.29) is 0 Å². The average molecular weight is 346 g/mol. The smallest absolute Gasteiger partial charge is 0.191 e. The van der Waals surface area contributed by atoms with Crippen molar-refractivity contribution in [2.24, 2.45) is 0 Å². The fourth-order valence-electron chi connectivity index (χ4n) is 2.09. The molecule has 0 unspecified atom stereocenters. The second kappa shape index (κ2) is 7.14. The molecule has 3 rings (SSSR count). The third-order valence-electron chi connectivity index (χ3n) is 3.31. The van der Waals surface area contributed by atoms with Gasteiger partial charge in [0.1, 0.15) is 17.1 Å². The zero-order chi connectivity index (χ0) is 16.2. The second-order valence-corrected chi connectivity index (χ2v) is 7.08. The molecule has 0 fully saturated rings. The number of thioether (sulfide) groups is 1. The molecule has 0 aliphatic heterocycles. The summed E-state index contributed by atoms with van der Waals surface area (Å²) in [6, 6.07) is 8.33. The van der Waals surface area contributed by atoms with Crippen molar-refractivity contribution in [1.82, 2.24) is 19.7 Å². The number of benzene rings is 1. The van der Waals surface area contributed by atoms with Gasteiger partial charge >= 0.3 is 0 Å². The molecule has 0 amide bonds. The highest BCUT2D eigenvalue weighted by Gasteiger charge is 2.10. The standard InChI is InChI=1S/C16H18N4OS2/c1-11(2)20-10-17-19-16(20)23-9-13-8-22-15(18-13)12-5-4-6-14(7-12)21-3/h4-8,10-11H,9H2,1-3H3. The lowest BCUT2D eigenvalue weighted by molar-refractivity contribution is 0.415. The summed E-state index contributed by atoms with van der Waals surface area (Å²) in [6.07, 6.45) is 1.77. The van der Waals surface area contributed by atoms with Crippen LogP contribution < -0.4 is 4.74 Å². The third-order valence-corrected chi connectivity index (χ3v) is 5.25. The Kier molecular flexibility index (Phi) is 4.97. The molecule has 3 aromatic rings. The molecule has 0 bridgehead atoms. The number of hydrogen-bond donors (Lipinski definition) is 0. The molecule has 1 aromatic carbocycles. The Morgan fingerprint density at radius 2 is 2.22 bits per heavy atom. The zero-order valence-electron chi connectivity index (χ0n) is 13.3. The first kappa shape index (κ1) is 16.0. The van der Waals surface area contributed by atoms with E-state index in [4.69, 9.17) is 9.72 Å². The maximum atomic E-state index is 5.27. The normalized spacial score (nSPS) is 11.1. The van der Waals surface area contributed by atoms with Crippen molar-refractivity contribution in [1.29, 1.82) is 0 Å². The highest BCUT2D eigenvalue weighted by atomic mass is 32.2. The molecule has 7 heteroatoms. The van der Waals surface area contributed by atoms with E-state index >= 15 is 0 Å². The van der Waals surface area contributed by atoms with Gasteiger partial charge in [-0.2, -0.15) is 0 Å². The summed E-state index contributed by atoms with van der Waals surface area (Å²) in [7, 11) is 1.67. The van der Waals surface area contributed by atoms with Crippen molar-refractivity contribution >= 4 is 23.1 Å². The van der Waals surface area contributed by atoms with Crippen LogP contribution in [0.25, 0.3) is 10.6 Å². The first-order valence-electron chi connectivity index (χ1n) is 7.28. The van der Waals surface area contributed by atoms with E-state index in [9.17, 15) is 0 Å². The Morgan fingerprint density at radius 3 is 3.00 bits per heavy atom. The predicted molar refractivity (Wildman–Crippen MR) is 94.1 cm³/mol. The minimum Gasteiger partial charge on any atom is -0.497 e. The molecule has 2 heterocycles. The first-order chi connectivity index (χ1) is 11.2. The van der Waals surface area contributed by atoms with Crippen molar-refractivity contribution in [3.05, 3.63) is 41.7 Å². The van der Waals surface area contributed by atoms with Crippen LogP contribution in [0.2, 0.25) is 0 Å². The van der Waals surface area contributed by atoms with Crippen LogP contribution in [-0.4, -0.2) is 26.9 Å². The molecule has 5 nitrogen and oxygen atoms in total. The number of ether oxygens (including phenoxy) is 1. The Bertz CT molecular complexity index is 782. The van der Waals surface area contributed by atoms with Gasteiger partial charge < -0.3 is 9.30 Å². The van der Waals surface area contributed by atoms with Crippen molar-refractivity contribution in [2.75, 3.05) is 7.11 Å². The topological polar surface area (TPSA) is 52.8 Å². The third kappa shape index (κ3) is 3.73. The Balaban J connectivity index is 1.71. The number of rotatable bonds is 6. The number of aromatic nitrogens is 4. The molecule has 0 aliphatic rings. The minimum atomic E-state index is 0.357. The largest absolute Gasteiger partial charge is 0.497 e. The molecule has 0 aliphatic carbocycles. The Morgan fingerprint density at radius 1 is 1.35 bits per heavy atom. The fraction of sp³-hybridized carbons (Fsp3) is 0.312. The van der Waals surface area contributed by atoms with Crippen LogP contribution in [0.5, 0.6) is 5.75 Å². The lowest BCUT2D eigenvalue weighted by atomic mass is 10.2. The van der Waals surface area contributed by atoms with Crippen LogP contribution in [0.1, 0.15) is 25.6 Å². The number of nitrogens with zero attached hydrogens (tertiary/aromatic N) is 4. The highest BCUT2D eigenvalue weighted by molar-refractivity contribution is 7.98. The average Bonchev–Trinajstić information content (AvgIpc) is 3.22. The van der Waals surface area contributed by atoms with Crippen molar-refractivity contribution < 1.29 is 4.74 Å². The van der Waals surface area contributed by atoms with Crippen LogP contribution in [0, 0.1) is 0 Å². The summed E-state index contributed by atoms with van der Waals surface area (Å²) >= 11 is 3.31. The Hall–Kier alpha value is -1.86. The minimum absolute atomic E-state index is 0.357. The quantitative estimate of drug-likeness (QED) is 0.623. The Labute approximate surface area is 143 Å². The molecule has 0 atom stereocenters. The summed E-state index contributed by atoms with van der Waals surface area (Å²) in [5.74, 6) is 1.63. The summed E-state index contributed by atoms with van der Waals surface area (Å²) in [5, 5.41) is 12.2. The highest BCUT2D eigenvalue weighted by Crippen LogP contribution is 2.29. The van der Waals surface area contributed by atoms with E-state index in [0.717, 1.165) is 32.9 Å². The molecule has 0 saturated carbocycles. The number of thiazole rings is 1. The van der Waals surface area contributed by atoms with E-state index in [0.29, 0.717) is 6.04 Å². The number of methoxy groups -OCH3 is 1. The molecule has 0 saturated heterocycles. The van der Waals surface area contributed by atoms with Crippen LogP contribution in [0.3, 0.4) is 0 Å². The summed E-state index contributed by atoms with van der Waals surface area (Å²) in [5.41, 5.74) is 2.13. The summed E-state index contributed by atoms with van der Waals surface area (Å²) in [4.78, 5) is 4.71. The van der Waals surface area contributed by atoms with Gasteiger partial charge in [-0.15, -0.1) is 21.5 Å². The van der Waals surface area contributed by atoms with E-state index in [1.165, 1.54) is 0 Å². The molecule has 0 radical (unpaired) electrons. The van der Waals surface area contributed by atoms with Gasteiger partial charge in [-0.1, -0.05) is 23.9 Å². The molecular weight excluding hydrogens is 328 g/mol. The van der Waals surface area contributed by atoms with Crippen molar-refractivity contribution in [3.63, 3.8) is 0 Å². The zero-order valence-corrected chi connectivity index (χ0v) is 14.9. The van der Waals surface area contributed by atoms with E-state index in [2.05, 4.69) is 34.0 Å². The van der Waals surface area contributed by atoms with Gasteiger partial charge in [0.05, 0.1) is 12.8 Å². The molecule has 0 spiro atoms. The first-order valence-corrected chi connectivity index (χ1v) is 9.15. The lowest BCUT2D eigenvalue weighted by Gasteiger charge is -2.08. The summed E-state index contributed by atoms with van der Waals surface area (Å²) < 4.78 is 7.34. The van der Waals surface area contributed by atoms with Gasteiger partial charge in [-0.3, -0.25) is 0 Å². The lowest BCUT2D eigenvalue weighted by Crippen LogP contribution is -2.00. The fourth-order valence-corrected chi connectivity index (χ4v) is 3.95. The van der Waals surface area contributed by atoms with Crippen molar-refractivity contribution in [3.8, 4) is 16.3 Å². The molecular formula is C16H18N4OS2. The van der Waals surface area contributed by atoms with Gasteiger partial charge in [0.15, 0.2) is 5.16 Å². The molecule has 2 aromatic heterocycles. The predicted octanol–water partition coefficient (Wildman–Crippen LogP) is 4.28. The van der Waals surface area contributed by atoms with Crippen LogP contribution in [0.4, 0.5) is 0 Å². The van der Waals surface area contributed by atoms with E-state index in [1.54, 1.807) is 36.5 Å². The molecule has 120 valence electrons. The van der Waals surface area contributed by atoms with E-state index < -0.39 is 0 Å². The second-order valence-electron chi connectivity index (χ2n) is 5.28. The van der Waals surface area contributed by atoms with Crippen LogP contribution in [0.15, 0.2) is 41.1 Å². The van der Waals surface area contributed by atoms with Crippen molar-refractivity contribution in [2.45, 2.75) is 30.8 Å². The summed E-state index contributed by atoms with van der Waals surface area (Å²) in [6.45, 7) is 4.24. The van der Waals surface area contributed by atoms with Gasteiger partial charge in [0.25, 0.3) is 0 Å². The maximum absolute atomic E-state index is 5.27. The van der Waals surface area contributed by atoms with Crippen LogP contribution in [-0.2, 0) is 5.75 Å². The van der Waals surface area contributed by atoms with E-state index in [1.807, 2.05) is 24.3 Å². The van der Waals surface area contributed by atoms with Gasteiger partial charge in [-0.25, -0.2) is 4.98 Å².